The highest BCUT2D eigenvalue weighted by molar-refractivity contribution is 5.38. The highest BCUT2D eigenvalue weighted by atomic mass is 15.0. The van der Waals surface area contributed by atoms with Crippen LogP contribution in [0.2, 0.25) is 0 Å². The largest absolute Gasteiger partial charge is 0.340 e. The molecule has 1 heterocycles. The Labute approximate surface area is 111 Å². The number of rotatable bonds is 2. The Morgan fingerprint density at radius 3 is 2.39 bits per heavy atom. The van der Waals surface area contributed by atoms with Crippen molar-refractivity contribution in [2.45, 2.75) is 40.5 Å². The van der Waals surface area contributed by atoms with Crippen LogP contribution in [0.1, 0.15) is 49.1 Å². The second-order valence-corrected chi connectivity index (χ2v) is 4.47. The van der Waals surface area contributed by atoms with E-state index in [0.29, 0.717) is 5.92 Å². The van der Waals surface area contributed by atoms with Crippen molar-refractivity contribution in [1.29, 1.82) is 0 Å². The number of hydrogen-bond acceptors (Lipinski definition) is 1. The first-order valence-electron chi connectivity index (χ1n) is 6.63. The molecule has 0 N–H and O–H groups in total. The number of nitrogens with zero attached hydrogens (tertiary/aromatic N) is 2. The van der Waals surface area contributed by atoms with Gasteiger partial charge in [0.1, 0.15) is 0 Å². The molecule has 0 aliphatic carbocycles. The maximum absolute atomic E-state index is 4.43. The fourth-order valence-electron chi connectivity index (χ4n) is 2.06. The van der Waals surface area contributed by atoms with Crippen LogP contribution in [0.15, 0.2) is 30.7 Å². The maximum atomic E-state index is 4.43. The van der Waals surface area contributed by atoms with E-state index < -0.39 is 0 Å². The summed E-state index contributed by atoms with van der Waals surface area (Å²) >= 11 is 0. The topological polar surface area (TPSA) is 17.8 Å². The van der Waals surface area contributed by atoms with Gasteiger partial charge in [-0.2, -0.15) is 0 Å². The van der Waals surface area contributed by atoms with Crippen LogP contribution in [0.4, 0.5) is 0 Å². The lowest BCUT2D eigenvalue weighted by atomic mass is 9.92. The molecular weight excluding hydrogens is 220 g/mol. The molecule has 0 amide bonds. The number of aromatic nitrogens is 2. The van der Waals surface area contributed by atoms with Gasteiger partial charge in [-0.3, -0.25) is 0 Å². The molecule has 1 unspecified atom stereocenters. The van der Waals surface area contributed by atoms with Crippen LogP contribution in [0.25, 0.3) is 0 Å². The van der Waals surface area contributed by atoms with Crippen molar-refractivity contribution >= 4 is 0 Å². The van der Waals surface area contributed by atoms with Crippen LogP contribution in [0.3, 0.4) is 0 Å². The van der Waals surface area contributed by atoms with Crippen LogP contribution in [0, 0.1) is 13.8 Å². The molecule has 2 aromatic rings. The monoisotopic (exact) mass is 244 g/mol. The van der Waals surface area contributed by atoms with E-state index in [1.54, 1.807) is 0 Å². The molecule has 2 heteroatoms. The Balaban J connectivity index is 0.000000771. The Hall–Kier alpha value is -1.57. The molecule has 0 bridgehead atoms. The van der Waals surface area contributed by atoms with Gasteiger partial charge in [-0.1, -0.05) is 39.0 Å². The summed E-state index contributed by atoms with van der Waals surface area (Å²) in [5.41, 5.74) is 5.23. The SMILES string of the molecule is CC.Cc1cccc(C(C)c2cn(C)cn2)c1C. The van der Waals surface area contributed by atoms with E-state index >= 15 is 0 Å². The summed E-state index contributed by atoms with van der Waals surface area (Å²) in [5, 5.41) is 0. The van der Waals surface area contributed by atoms with Crippen molar-refractivity contribution < 1.29 is 0 Å². The summed E-state index contributed by atoms with van der Waals surface area (Å²) < 4.78 is 2.00. The van der Waals surface area contributed by atoms with Crippen molar-refractivity contribution in [2.75, 3.05) is 0 Å². The van der Waals surface area contributed by atoms with E-state index in [4.69, 9.17) is 0 Å². The van der Waals surface area contributed by atoms with E-state index in [-0.39, 0.29) is 0 Å². The predicted octanol–water partition coefficient (Wildman–Crippen LogP) is 4.21. The summed E-state index contributed by atoms with van der Waals surface area (Å²) in [7, 11) is 2.01. The molecule has 0 aliphatic heterocycles. The van der Waals surface area contributed by atoms with Crippen molar-refractivity contribution in [3.63, 3.8) is 0 Å². The molecule has 0 saturated heterocycles. The predicted molar refractivity (Wildman–Crippen MR) is 78.0 cm³/mol. The molecule has 98 valence electrons. The maximum Gasteiger partial charge on any atom is 0.0947 e. The van der Waals surface area contributed by atoms with Gasteiger partial charge in [0, 0.05) is 19.2 Å². The molecule has 1 aromatic carbocycles. The molecule has 0 saturated carbocycles. The van der Waals surface area contributed by atoms with Gasteiger partial charge in [-0.25, -0.2) is 4.98 Å². The van der Waals surface area contributed by atoms with Crippen LogP contribution in [-0.4, -0.2) is 9.55 Å². The van der Waals surface area contributed by atoms with Gasteiger partial charge in [0.2, 0.25) is 0 Å². The highest BCUT2D eigenvalue weighted by Crippen LogP contribution is 2.26. The lowest BCUT2D eigenvalue weighted by Crippen LogP contribution is -2.00. The quantitative estimate of drug-likeness (QED) is 0.773. The Bertz CT molecular complexity index is 498. The van der Waals surface area contributed by atoms with Crippen molar-refractivity contribution in [1.82, 2.24) is 9.55 Å². The first kappa shape index (κ1) is 14.5. The summed E-state index contributed by atoms with van der Waals surface area (Å²) in [5.74, 6) is 0.362. The first-order chi connectivity index (χ1) is 8.59. The van der Waals surface area contributed by atoms with Crippen LogP contribution < -0.4 is 0 Å². The number of hydrogen-bond donors (Lipinski definition) is 0. The van der Waals surface area contributed by atoms with Gasteiger partial charge in [-0.15, -0.1) is 0 Å². The zero-order chi connectivity index (χ0) is 13.7. The lowest BCUT2D eigenvalue weighted by Gasteiger charge is -2.14. The van der Waals surface area contributed by atoms with Crippen LogP contribution >= 0.6 is 0 Å². The third-order valence-corrected chi connectivity index (χ3v) is 3.28. The third-order valence-electron chi connectivity index (χ3n) is 3.28. The summed E-state index contributed by atoms with van der Waals surface area (Å²) in [6.07, 6.45) is 3.95. The minimum absolute atomic E-state index is 0.362. The fourth-order valence-corrected chi connectivity index (χ4v) is 2.06. The molecule has 1 aromatic heterocycles. The number of aryl methyl sites for hydroxylation is 2. The molecule has 18 heavy (non-hydrogen) atoms. The normalized spacial score (nSPS) is 11.7. The van der Waals surface area contributed by atoms with E-state index in [9.17, 15) is 0 Å². The van der Waals surface area contributed by atoms with E-state index in [0.717, 1.165) is 5.69 Å². The lowest BCUT2D eigenvalue weighted by molar-refractivity contribution is 0.865. The summed E-state index contributed by atoms with van der Waals surface area (Å²) in [6, 6.07) is 6.47. The van der Waals surface area contributed by atoms with Crippen molar-refractivity contribution in [3.8, 4) is 0 Å². The van der Waals surface area contributed by atoms with E-state index in [2.05, 4.69) is 50.2 Å². The summed E-state index contributed by atoms with van der Waals surface area (Å²) in [6.45, 7) is 10.6. The zero-order valence-corrected chi connectivity index (χ0v) is 12.4. The zero-order valence-electron chi connectivity index (χ0n) is 12.4. The summed E-state index contributed by atoms with van der Waals surface area (Å²) in [4.78, 5) is 4.43. The Morgan fingerprint density at radius 2 is 1.83 bits per heavy atom. The second kappa shape index (κ2) is 6.39. The second-order valence-electron chi connectivity index (χ2n) is 4.47. The Morgan fingerprint density at radius 1 is 1.17 bits per heavy atom. The van der Waals surface area contributed by atoms with Crippen molar-refractivity contribution in [2.24, 2.45) is 7.05 Å². The van der Waals surface area contributed by atoms with Gasteiger partial charge in [0.05, 0.1) is 12.0 Å². The highest BCUT2D eigenvalue weighted by Gasteiger charge is 2.13. The fraction of sp³-hybridized carbons (Fsp3) is 0.438. The average molecular weight is 244 g/mol. The smallest absolute Gasteiger partial charge is 0.0947 e. The molecule has 0 radical (unpaired) electrons. The van der Waals surface area contributed by atoms with Gasteiger partial charge in [0.25, 0.3) is 0 Å². The van der Waals surface area contributed by atoms with Crippen LogP contribution in [-0.2, 0) is 7.05 Å². The molecule has 1 atom stereocenters. The number of imidazole rings is 1. The third kappa shape index (κ3) is 3.00. The van der Waals surface area contributed by atoms with Gasteiger partial charge >= 0.3 is 0 Å². The molecular formula is C16H24N2. The molecule has 0 fully saturated rings. The molecule has 2 rings (SSSR count). The molecule has 2 nitrogen and oxygen atoms in total. The van der Waals surface area contributed by atoms with Gasteiger partial charge in [-0.05, 0) is 30.5 Å². The van der Waals surface area contributed by atoms with Crippen molar-refractivity contribution in [3.05, 3.63) is 53.1 Å². The Kier molecular flexibility index (Phi) is 5.14. The average Bonchev–Trinajstić information content (AvgIpc) is 2.81. The number of benzene rings is 1. The van der Waals surface area contributed by atoms with Gasteiger partial charge in [0.15, 0.2) is 0 Å². The first-order valence-corrected chi connectivity index (χ1v) is 6.63. The minimum Gasteiger partial charge on any atom is -0.340 e. The minimum atomic E-state index is 0.362. The van der Waals surface area contributed by atoms with E-state index in [1.807, 2.05) is 31.8 Å². The van der Waals surface area contributed by atoms with Crippen LogP contribution in [0.5, 0.6) is 0 Å². The van der Waals surface area contributed by atoms with E-state index in [1.165, 1.54) is 16.7 Å². The molecule has 0 spiro atoms. The van der Waals surface area contributed by atoms with Gasteiger partial charge < -0.3 is 4.57 Å². The molecule has 0 aliphatic rings. The standard InChI is InChI=1S/C14H18N2.C2H6/c1-10-6-5-7-13(11(10)2)12(3)14-8-16(4)9-15-14;1-2/h5-9,12H,1-4H3;1-2H3.